The van der Waals surface area contributed by atoms with E-state index in [0.717, 1.165) is 24.2 Å². The summed E-state index contributed by atoms with van der Waals surface area (Å²) < 4.78 is 15.3. The van der Waals surface area contributed by atoms with Crippen molar-refractivity contribution in [3.05, 3.63) is 53.7 Å². The Kier molecular flexibility index (Phi) is 5.90. The lowest BCUT2D eigenvalue weighted by molar-refractivity contribution is -0.135. The van der Waals surface area contributed by atoms with E-state index >= 15 is 0 Å². The van der Waals surface area contributed by atoms with E-state index in [1.807, 2.05) is 24.3 Å². The van der Waals surface area contributed by atoms with E-state index in [-0.39, 0.29) is 24.1 Å². The van der Waals surface area contributed by atoms with Gasteiger partial charge >= 0.3 is 5.97 Å². The Labute approximate surface area is 157 Å². The molecule has 3 rings (SSSR count). The molecule has 1 aliphatic rings. The zero-order valence-corrected chi connectivity index (χ0v) is 15.4. The highest BCUT2D eigenvalue weighted by atomic mass is 16.5. The Morgan fingerprint density at radius 2 is 1.81 bits per heavy atom. The number of nitrogens with zero attached hydrogens (tertiary/aromatic N) is 2. The van der Waals surface area contributed by atoms with E-state index in [1.165, 1.54) is 13.3 Å². The predicted octanol–water partition coefficient (Wildman–Crippen LogP) is 2.45. The van der Waals surface area contributed by atoms with Gasteiger partial charge in [-0.05, 0) is 36.6 Å². The highest BCUT2D eigenvalue weighted by Crippen LogP contribution is 2.29. The fourth-order valence-corrected chi connectivity index (χ4v) is 2.65. The molecule has 1 aliphatic carbocycles. The maximum Gasteiger partial charge on any atom is 0.340 e. The van der Waals surface area contributed by atoms with Gasteiger partial charge < -0.3 is 19.1 Å². The quantitative estimate of drug-likeness (QED) is 0.664. The number of amides is 1. The second-order valence-electron chi connectivity index (χ2n) is 6.27. The molecule has 1 saturated carbocycles. The van der Waals surface area contributed by atoms with Crippen LogP contribution in [0.5, 0.6) is 11.6 Å². The predicted molar refractivity (Wildman–Crippen MR) is 97.6 cm³/mol. The smallest absolute Gasteiger partial charge is 0.340 e. The minimum absolute atomic E-state index is 0.205. The Morgan fingerprint density at radius 1 is 1.07 bits per heavy atom. The Hall–Kier alpha value is -3.09. The summed E-state index contributed by atoms with van der Waals surface area (Å²) >= 11 is 0. The minimum atomic E-state index is -0.585. The largest absolute Gasteiger partial charge is 0.497 e. The van der Waals surface area contributed by atoms with Crippen LogP contribution in [0.2, 0.25) is 0 Å². The first-order valence-electron chi connectivity index (χ1n) is 8.70. The second-order valence-corrected chi connectivity index (χ2v) is 6.27. The third kappa shape index (κ3) is 4.97. The fourth-order valence-electron chi connectivity index (χ4n) is 2.65. The summed E-state index contributed by atoms with van der Waals surface area (Å²) in [5.74, 6) is 0.383. The zero-order valence-electron chi connectivity index (χ0n) is 15.4. The molecule has 2 aromatic rings. The van der Waals surface area contributed by atoms with Crippen molar-refractivity contribution in [2.45, 2.75) is 25.4 Å². The number of aromatic nitrogens is 1. The highest BCUT2D eigenvalue weighted by molar-refractivity contribution is 5.91. The van der Waals surface area contributed by atoms with Crippen LogP contribution in [0.1, 0.15) is 28.8 Å². The van der Waals surface area contributed by atoms with Gasteiger partial charge in [-0.15, -0.1) is 0 Å². The van der Waals surface area contributed by atoms with Crippen molar-refractivity contribution in [3.63, 3.8) is 0 Å². The summed E-state index contributed by atoms with van der Waals surface area (Å²) in [5, 5.41) is 0. The molecule has 7 heteroatoms. The zero-order chi connectivity index (χ0) is 19.2. The summed E-state index contributed by atoms with van der Waals surface area (Å²) in [4.78, 5) is 30.4. The molecular weight excluding hydrogens is 348 g/mol. The first-order valence-corrected chi connectivity index (χ1v) is 8.70. The van der Waals surface area contributed by atoms with Crippen molar-refractivity contribution in [1.29, 1.82) is 0 Å². The number of hydrogen-bond acceptors (Lipinski definition) is 6. The molecule has 0 spiro atoms. The van der Waals surface area contributed by atoms with Gasteiger partial charge in [-0.3, -0.25) is 4.79 Å². The molecule has 142 valence electrons. The number of carbonyl (C=O) groups is 2. The van der Waals surface area contributed by atoms with E-state index in [2.05, 4.69) is 4.98 Å². The highest BCUT2D eigenvalue weighted by Gasteiger charge is 2.33. The van der Waals surface area contributed by atoms with Crippen molar-refractivity contribution in [1.82, 2.24) is 9.88 Å². The lowest BCUT2D eigenvalue weighted by atomic mass is 10.2. The van der Waals surface area contributed by atoms with Crippen LogP contribution >= 0.6 is 0 Å². The van der Waals surface area contributed by atoms with Crippen LogP contribution < -0.4 is 9.47 Å². The molecule has 0 N–H and O–H groups in total. The van der Waals surface area contributed by atoms with Crippen LogP contribution in [0.25, 0.3) is 0 Å². The Balaban J connectivity index is 1.57. The van der Waals surface area contributed by atoms with Gasteiger partial charge in [-0.25, -0.2) is 9.78 Å². The molecule has 7 nitrogen and oxygen atoms in total. The second kappa shape index (κ2) is 8.53. The SMILES string of the molecule is COc1ccc(CN(C(=O)COC(=O)c2ccc(OC)nc2)C2CC2)cc1. The maximum atomic E-state index is 12.6. The molecule has 1 heterocycles. The number of benzene rings is 1. The van der Waals surface area contributed by atoms with E-state index in [9.17, 15) is 9.59 Å². The Morgan fingerprint density at radius 3 is 2.37 bits per heavy atom. The van der Waals surface area contributed by atoms with Crippen LogP contribution in [-0.4, -0.2) is 48.6 Å². The first kappa shape index (κ1) is 18.7. The maximum absolute atomic E-state index is 12.6. The van der Waals surface area contributed by atoms with Crippen molar-refractivity contribution < 1.29 is 23.8 Å². The molecule has 1 amide bonds. The van der Waals surface area contributed by atoms with Crippen LogP contribution in [0.3, 0.4) is 0 Å². The van der Waals surface area contributed by atoms with Gasteiger partial charge in [-0.1, -0.05) is 12.1 Å². The first-order chi connectivity index (χ1) is 13.1. The van der Waals surface area contributed by atoms with Crippen molar-refractivity contribution >= 4 is 11.9 Å². The van der Waals surface area contributed by atoms with E-state index in [4.69, 9.17) is 14.2 Å². The Bertz CT molecular complexity index is 785. The fraction of sp³-hybridized carbons (Fsp3) is 0.350. The van der Waals surface area contributed by atoms with Gasteiger partial charge in [0.05, 0.1) is 19.8 Å². The lowest BCUT2D eigenvalue weighted by Gasteiger charge is -2.22. The van der Waals surface area contributed by atoms with Crippen LogP contribution in [-0.2, 0) is 16.1 Å². The number of rotatable bonds is 8. The average Bonchev–Trinajstić information content (AvgIpc) is 3.55. The molecule has 0 radical (unpaired) electrons. The van der Waals surface area contributed by atoms with Gasteiger partial charge in [-0.2, -0.15) is 0 Å². The molecule has 0 unspecified atom stereocenters. The third-order valence-electron chi connectivity index (χ3n) is 4.33. The third-order valence-corrected chi connectivity index (χ3v) is 4.33. The minimum Gasteiger partial charge on any atom is -0.497 e. The van der Waals surface area contributed by atoms with Crippen LogP contribution in [0.4, 0.5) is 0 Å². The van der Waals surface area contributed by atoms with Crippen molar-refractivity contribution in [2.75, 3.05) is 20.8 Å². The van der Waals surface area contributed by atoms with Crippen LogP contribution in [0, 0.1) is 0 Å². The number of esters is 1. The average molecular weight is 370 g/mol. The number of pyridine rings is 1. The van der Waals surface area contributed by atoms with Crippen LogP contribution in [0.15, 0.2) is 42.6 Å². The van der Waals surface area contributed by atoms with E-state index < -0.39 is 5.97 Å². The van der Waals surface area contributed by atoms with Gasteiger partial charge in [0.15, 0.2) is 6.61 Å². The summed E-state index contributed by atoms with van der Waals surface area (Å²) in [6.07, 6.45) is 3.30. The molecule has 0 bridgehead atoms. The molecule has 27 heavy (non-hydrogen) atoms. The molecule has 0 aliphatic heterocycles. The normalized spacial score (nSPS) is 13.0. The van der Waals surface area contributed by atoms with Gasteiger partial charge in [0.1, 0.15) is 5.75 Å². The summed E-state index contributed by atoms with van der Waals surface area (Å²) in [6.45, 7) is 0.187. The number of ether oxygens (including phenoxy) is 3. The lowest BCUT2D eigenvalue weighted by Crippen LogP contribution is -2.36. The molecular formula is C20H22N2O5. The number of hydrogen-bond donors (Lipinski definition) is 0. The van der Waals surface area contributed by atoms with Gasteiger partial charge in [0.2, 0.25) is 5.88 Å². The van der Waals surface area contributed by atoms with Crippen molar-refractivity contribution in [2.24, 2.45) is 0 Å². The molecule has 0 saturated heterocycles. The topological polar surface area (TPSA) is 78.0 Å². The standard InChI is InChI=1S/C20H22N2O5/c1-25-17-8-3-14(4-9-17)12-22(16-6-7-16)19(23)13-27-20(24)15-5-10-18(26-2)21-11-15/h3-5,8-11,16H,6-7,12-13H2,1-2H3. The van der Waals surface area contributed by atoms with E-state index in [0.29, 0.717) is 12.4 Å². The van der Waals surface area contributed by atoms with Crippen molar-refractivity contribution in [3.8, 4) is 11.6 Å². The summed E-state index contributed by atoms with van der Waals surface area (Å²) in [5.41, 5.74) is 1.28. The molecule has 1 aromatic heterocycles. The van der Waals surface area contributed by atoms with Gasteiger partial charge in [0, 0.05) is 24.8 Å². The summed E-state index contributed by atoms with van der Waals surface area (Å²) in [7, 11) is 3.11. The van der Waals surface area contributed by atoms with E-state index in [1.54, 1.807) is 24.1 Å². The number of methoxy groups -OCH3 is 2. The monoisotopic (exact) mass is 370 g/mol. The number of carbonyl (C=O) groups excluding carboxylic acids is 2. The van der Waals surface area contributed by atoms with Gasteiger partial charge in [0.25, 0.3) is 5.91 Å². The molecule has 1 aromatic carbocycles. The summed E-state index contributed by atoms with van der Waals surface area (Å²) in [6, 6.07) is 10.9. The molecule has 1 fully saturated rings. The molecule has 0 atom stereocenters.